The molecule has 0 saturated heterocycles. The van der Waals surface area contributed by atoms with Crippen LogP contribution < -0.4 is 5.32 Å². The molecule has 0 aliphatic rings. The first-order valence-corrected chi connectivity index (χ1v) is 5.64. The van der Waals surface area contributed by atoms with Gasteiger partial charge in [0.25, 0.3) is 0 Å². The van der Waals surface area contributed by atoms with E-state index >= 15 is 0 Å². The Kier molecular flexibility index (Phi) is 3.80. The lowest BCUT2D eigenvalue weighted by atomic mass is 10.0. The maximum atomic E-state index is 3.05. The number of hydrogen-bond acceptors (Lipinski definition) is 1. The summed E-state index contributed by atoms with van der Waals surface area (Å²) in [5.41, 5.74) is 6.68. The monoisotopic (exact) mass is 221 g/mol. The lowest BCUT2D eigenvalue weighted by Crippen LogP contribution is -1.88. The molecule has 2 aromatic rings. The summed E-state index contributed by atoms with van der Waals surface area (Å²) < 4.78 is 0. The van der Waals surface area contributed by atoms with Crippen LogP contribution in [0.25, 0.3) is 17.2 Å². The van der Waals surface area contributed by atoms with Crippen LogP contribution in [0.1, 0.15) is 5.56 Å². The highest BCUT2D eigenvalue weighted by Gasteiger charge is 1.94. The molecule has 1 N–H and O–H groups in total. The van der Waals surface area contributed by atoms with Gasteiger partial charge in [0.05, 0.1) is 0 Å². The predicted molar refractivity (Wildman–Crippen MR) is 73.5 cm³/mol. The van der Waals surface area contributed by atoms with E-state index in [4.69, 9.17) is 0 Å². The van der Waals surface area contributed by atoms with Gasteiger partial charge in [0.2, 0.25) is 0 Å². The highest BCUT2D eigenvalue weighted by atomic mass is 14.8. The topological polar surface area (TPSA) is 12.0 Å². The van der Waals surface area contributed by atoms with Gasteiger partial charge < -0.3 is 5.32 Å². The lowest BCUT2D eigenvalue weighted by molar-refractivity contribution is 1.11. The largest absolute Gasteiger partial charge is 0.388 e. The highest BCUT2D eigenvalue weighted by Crippen LogP contribution is 2.19. The van der Waals surface area contributed by atoms with Crippen molar-refractivity contribution in [2.75, 3.05) is 7.05 Å². The third-order valence-corrected chi connectivity index (χ3v) is 2.50. The molecule has 0 unspecified atom stereocenters. The molecule has 2 rings (SSSR count). The summed E-state index contributed by atoms with van der Waals surface area (Å²) in [4.78, 5) is 0. The zero-order chi connectivity index (χ0) is 11.9. The molecule has 2 aromatic carbocycles. The van der Waals surface area contributed by atoms with Crippen LogP contribution in [0.5, 0.6) is 0 Å². The van der Waals surface area contributed by atoms with Crippen molar-refractivity contribution in [1.82, 2.24) is 5.32 Å². The van der Waals surface area contributed by atoms with Crippen molar-refractivity contribution in [3.8, 4) is 11.1 Å². The fourth-order valence-corrected chi connectivity index (χ4v) is 1.62. The maximum Gasteiger partial charge on any atom is 0.0395 e. The zero-order valence-corrected chi connectivity index (χ0v) is 9.85. The molecule has 0 saturated carbocycles. The average molecular weight is 221 g/mol. The van der Waals surface area contributed by atoms with Crippen molar-refractivity contribution in [2.24, 2.45) is 0 Å². The molecule has 84 valence electrons. The van der Waals surface area contributed by atoms with Crippen LogP contribution in [-0.4, -0.2) is 7.05 Å². The quantitative estimate of drug-likeness (QED) is 0.779. The number of hydrogen-bond donors (Lipinski definition) is 1. The number of rotatable bonds is 3. The van der Waals surface area contributed by atoms with Crippen molar-refractivity contribution >= 4 is 6.08 Å². The first-order chi connectivity index (χ1) is 8.40. The van der Waals surface area contributed by atoms with E-state index in [-0.39, 0.29) is 0 Å². The van der Waals surface area contributed by atoms with Gasteiger partial charge in [-0.05, 0) is 22.8 Å². The third-order valence-electron chi connectivity index (χ3n) is 2.50. The third kappa shape index (κ3) is 3.10. The van der Waals surface area contributed by atoms with E-state index in [0.29, 0.717) is 0 Å². The van der Waals surface area contributed by atoms with Gasteiger partial charge >= 0.3 is 0 Å². The van der Waals surface area contributed by atoms with Crippen molar-refractivity contribution in [1.29, 1.82) is 0 Å². The summed E-state index contributed by atoms with van der Waals surface area (Å²) in [6, 6.07) is 18.8. The van der Waals surface area contributed by atoms with E-state index in [1.807, 2.05) is 19.2 Å². The van der Waals surface area contributed by atoms with Gasteiger partial charge in [-0.3, -0.25) is 0 Å². The zero-order valence-electron chi connectivity index (χ0n) is 9.85. The summed E-state index contributed by atoms with van der Waals surface area (Å²) in [7, 11) is 1.86. The first kappa shape index (κ1) is 11.3. The molecule has 0 radical (unpaired) electrons. The standard InChI is InChI=1S/C16H15N/c1-17-13-5-6-14-9-11-16(12-10-14)15-7-3-2-4-8-15/h2-4,6-13,17H,1H3. The molecule has 17 heavy (non-hydrogen) atoms. The van der Waals surface area contributed by atoms with Crippen molar-refractivity contribution in [3.05, 3.63) is 72.1 Å². The minimum atomic E-state index is 1.15. The molecular formula is C16H15N. The molecular weight excluding hydrogens is 206 g/mol. The van der Waals surface area contributed by atoms with Gasteiger partial charge in [-0.25, -0.2) is 0 Å². The van der Waals surface area contributed by atoms with Crippen LogP contribution in [0.3, 0.4) is 0 Å². The van der Waals surface area contributed by atoms with E-state index in [2.05, 4.69) is 59.6 Å². The van der Waals surface area contributed by atoms with Crippen LogP contribution in [0.2, 0.25) is 0 Å². The Morgan fingerprint density at radius 1 is 0.882 bits per heavy atom. The van der Waals surface area contributed by atoms with Crippen LogP contribution >= 0.6 is 0 Å². The fraction of sp³-hybridized carbons (Fsp3) is 0.0625. The highest BCUT2D eigenvalue weighted by molar-refractivity contribution is 5.65. The Hall–Kier alpha value is -2.24. The molecule has 0 bridgehead atoms. The average Bonchev–Trinajstić information content (AvgIpc) is 2.41. The minimum absolute atomic E-state index is 1.15. The van der Waals surface area contributed by atoms with E-state index in [9.17, 15) is 0 Å². The Morgan fingerprint density at radius 3 is 2.18 bits per heavy atom. The second-order valence-electron chi connectivity index (χ2n) is 3.73. The Balaban J connectivity index is 2.22. The van der Waals surface area contributed by atoms with Gasteiger partial charge in [0, 0.05) is 13.2 Å². The van der Waals surface area contributed by atoms with E-state index in [1.54, 1.807) is 6.20 Å². The molecule has 0 aliphatic heterocycles. The molecule has 0 spiro atoms. The summed E-state index contributed by atoms with van der Waals surface area (Å²) in [5, 5.41) is 2.91. The van der Waals surface area contributed by atoms with E-state index in [0.717, 1.165) is 5.56 Å². The van der Waals surface area contributed by atoms with Gasteiger partial charge in [0.15, 0.2) is 0 Å². The molecule has 0 heterocycles. The van der Waals surface area contributed by atoms with Crippen LogP contribution in [0.4, 0.5) is 0 Å². The minimum Gasteiger partial charge on any atom is -0.388 e. The smallest absolute Gasteiger partial charge is 0.0395 e. The molecule has 0 aromatic heterocycles. The van der Waals surface area contributed by atoms with Gasteiger partial charge in [-0.2, -0.15) is 0 Å². The summed E-state index contributed by atoms with van der Waals surface area (Å²) in [6.07, 6.45) is 3.73. The van der Waals surface area contributed by atoms with Crippen LogP contribution in [0, 0.1) is 0 Å². The molecule has 0 amide bonds. The molecule has 0 atom stereocenters. The molecule has 1 heteroatoms. The summed E-state index contributed by atoms with van der Waals surface area (Å²) in [6.45, 7) is 0. The Labute approximate surface area is 102 Å². The maximum absolute atomic E-state index is 3.05. The van der Waals surface area contributed by atoms with Crippen LogP contribution in [-0.2, 0) is 0 Å². The first-order valence-electron chi connectivity index (χ1n) is 5.64. The second-order valence-corrected chi connectivity index (χ2v) is 3.73. The Morgan fingerprint density at radius 2 is 1.53 bits per heavy atom. The Bertz CT molecular complexity index is 517. The van der Waals surface area contributed by atoms with Crippen molar-refractivity contribution in [3.63, 3.8) is 0 Å². The number of benzene rings is 2. The SMILES string of the molecule is CNC=C=Cc1ccc(-c2ccccc2)cc1. The summed E-state index contributed by atoms with van der Waals surface area (Å²) >= 11 is 0. The van der Waals surface area contributed by atoms with Gasteiger partial charge in [0.1, 0.15) is 0 Å². The molecule has 0 aliphatic carbocycles. The van der Waals surface area contributed by atoms with Crippen molar-refractivity contribution in [2.45, 2.75) is 0 Å². The number of nitrogens with one attached hydrogen (secondary N) is 1. The summed E-state index contributed by atoms with van der Waals surface area (Å²) in [5.74, 6) is 0. The van der Waals surface area contributed by atoms with Gasteiger partial charge in [-0.1, -0.05) is 54.6 Å². The normalized spacial score (nSPS) is 9.24. The van der Waals surface area contributed by atoms with Gasteiger partial charge in [-0.15, -0.1) is 5.73 Å². The fourth-order valence-electron chi connectivity index (χ4n) is 1.62. The predicted octanol–water partition coefficient (Wildman–Crippen LogP) is 3.70. The van der Waals surface area contributed by atoms with Crippen molar-refractivity contribution < 1.29 is 0 Å². The van der Waals surface area contributed by atoms with E-state index < -0.39 is 0 Å². The van der Waals surface area contributed by atoms with Crippen LogP contribution in [0.15, 0.2) is 66.5 Å². The lowest BCUT2D eigenvalue weighted by Gasteiger charge is -2.01. The van der Waals surface area contributed by atoms with E-state index in [1.165, 1.54) is 11.1 Å². The molecule has 0 fully saturated rings. The second kappa shape index (κ2) is 5.74. The molecule has 1 nitrogen and oxygen atoms in total.